The van der Waals surface area contributed by atoms with E-state index in [1.165, 1.54) is 38.9 Å². The summed E-state index contributed by atoms with van der Waals surface area (Å²) in [5.74, 6) is 0.167. The molecular formula is C17H28F2N2OS. The van der Waals surface area contributed by atoms with E-state index in [-0.39, 0.29) is 5.75 Å². The Morgan fingerprint density at radius 1 is 1.35 bits per heavy atom. The monoisotopic (exact) mass is 346 g/mol. The van der Waals surface area contributed by atoms with Crippen LogP contribution in [0.15, 0.2) is 16.5 Å². The molecule has 132 valence electrons. The lowest BCUT2D eigenvalue weighted by atomic mass is 10.0. The number of nitrogens with zero attached hydrogens (tertiary/aromatic N) is 1. The molecule has 1 N–H and O–H groups in total. The fraction of sp³-hybridized carbons (Fsp3) is 0.765. The minimum atomic E-state index is -2.34. The third-order valence-corrected chi connectivity index (χ3v) is 4.89. The fourth-order valence-electron chi connectivity index (χ4n) is 3.03. The minimum absolute atomic E-state index is 0.228. The molecule has 23 heavy (non-hydrogen) atoms. The summed E-state index contributed by atoms with van der Waals surface area (Å²) in [7, 11) is 0. The van der Waals surface area contributed by atoms with Gasteiger partial charge in [0.25, 0.3) is 5.76 Å². The van der Waals surface area contributed by atoms with Crippen LogP contribution < -0.4 is 5.32 Å². The number of hydrogen-bond acceptors (Lipinski definition) is 4. The lowest BCUT2D eigenvalue weighted by Crippen LogP contribution is -2.35. The quantitative estimate of drug-likeness (QED) is 0.638. The van der Waals surface area contributed by atoms with Gasteiger partial charge in [-0.1, -0.05) is 18.7 Å². The Bertz CT molecular complexity index is 442. The molecule has 0 aliphatic carbocycles. The van der Waals surface area contributed by atoms with Crippen LogP contribution in [0.5, 0.6) is 0 Å². The zero-order valence-electron chi connectivity index (χ0n) is 13.9. The van der Waals surface area contributed by atoms with Crippen LogP contribution in [0, 0.1) is 5.92 Å². The highest BCUT2D eigenvalue weighted by Gasteiger charge is 2.15. The van der Waals surface area contributed by atoms with Crippen molar-refractivity contribution in [3.05, 3.63) is 23.7 Å². The first kappa shape index (κ1) is 18.7. The second-order valence-corrected chi connectivity index (χ2v) is 7.35. The summed E-state index contributed by atoms with van der Waals surface area (Å²) in [4.78, 5) is 2.58. The predicted molar refractivity (Wildman–Crippen MR) is 91.8 cm³/mol. The van der Waals surface area contributed by atoms with Crippen LogP contribution in [-0.2, 0) is 12.3 Å². The van der Waals surface area contributed by atoms with Gasteiger partial charge in [0, 0.05) is 6.54 Å². The maximum Gasteiger partial charge on any atom is 0.284 e. The maximum atomic E-state index is 12.1. The second kappa shape index (κ2) is 10.3. The zero-order chi connectivity index (χ0) is 16.5. The van der Waals surface area contributed by atoms with E-state index < -0.39 is 5.76 Å². The van der Waals surface area contributed by atoms with Crippen molar-refractivity contribution in [3.63, 3.8) is 0 Å². The smallest absolute Gasteiger partial charge is 0.284 e. The molecule has 0 radical (unpaired) electrons. The number of thioether (sulfide) groups is 1. The van der Waals surface area contributed by atoms with E-state index >= 15 is 0 Å². The van der Waals surface area contributed by atoms with Gasteiger partial charge in [0.1, 0.15) is 11.5 Å². The van der Waals surface area contributed by atoms with Crippen molar-refractivity contribution in [3.8, 4) is 0 Å². The van der Waals surface area contributed by atoms with Gasteiger partial charge >= 0.3 is 0 Å². The molecule has 1 aliphatic rings. The summed E-state index contributed by atoms with van der Waals surface area (Å²) in [6.45, 7) is 7.67. The average molecular weight is 346 g/mol. The summed E-state index contributed by atoms with van der Waals surface area (Å²) >= 11 is 0.594. The molecule has 1 unspecified atom stereocenters. The molecular weight excluding hydrogens is 318 g/mol. The molecule has 6 heteroatoms. The number of furan rings is 1. The Kier molecular flexibility index (Phi) is 8.40. The molecule has 1 atom stereocenters. The van der Waals surface area contributed by atoms with E-state index in [0.717, 1.165) is 24.6 Å². The Balaban J connectivity index is 1.50. The van der Waals surface area contributed by atoms with Crippen molar-refractivity contribution in [1.29, 1.82) is 0 Å². The van der Waals surface area contributed by atoms with E-state index in [9.17, 15) is 8.78 Å². The van der Waals surface area contributed by atoms with Crippen LogP contribution in [0.2, 0.25) is 0 Å². The zero-order valence-corrected chi connectivity index (χ0v) is 14.7. The van der Waals surface area contributed by atoms with Crippen LogP contribution >= 0.6 is 11.8 Å². The van der Waals surface area contributed by atoms with Crippen LogP contribution in [0.1, 0.15) is 44.1 Å². The number of likely N-dealkylation sites (tertiary alicyclic amines) is 1. The highest BCUT2D eigenvalue weighted by molar-refractivity contribution is 7.98. The van der Waals surface area contributed by atoms with Gasteiger partial charge < -0.3 is 14.6 Å². The number of piperidine rings is 1. The first-order valence-electron chi connectivity index (χ1n) is 8.54. The fourth-order valence-corrected chi connectivity index (χ4v) is 3.47. The van der Waals surface area contributed by atoms with Crippen LogP contribution in [0.3, 0.4) is 0 Å². The van der Waals surface area contributed by atoms with Gasteiger partial charge in [-0.15, -0.1) is 0 Å². The molecule has 0 saturated carbocycles. The number of rotatable bonds is 10. The standard InChI is InChI=1S/C17H28F2N2OS/c1-14-5-4-10-21(12-14)9-3-2-8-20-11-15-6-7-16(22-15)13-23-17(18)19/h6-7,14,17,20H,2-5,8-13H2,1H3. The normalized spacial score (nSPS) is 19.6. The molecule has 2 rings (SSSR count). The van der Waals surface area contributed by atoms with Crippen molar-refractivity contribution in [2.75, 3.05) is 26.2 Å². The van der Waals surface area contributed by atoms with Gasteiger partial charge in [-0.2, -0.15) is 8.78 Å². The third kappa shape index (κ3) is 7.68. The first-order valence-corrected chi connectivity index (χ1v) is 9.59. The molecule has 1 aromatic heterocycles. The SMILES string of the molecule is CC1CCCN(CCCCNCc2ccc(CSC(F)F)o2)C1. The summed E-state index contributed by atoms with van der Waals surface area (Å²) in [6.07, 6.45) is 5.08. The van der Waals surface area contributed by atoms with Gasteiger partial charge in [0.05, 0.1) is 12.3 Å². The van der Waals surface area contributed by atoms with Gasteiger partial charge in [-0.05, 0) is 63.4 Å². The molecule has 0 spiro atoms. The Labute approximate surface area is 142 Å². The molecule has 1 saturated heterocycles. The number of hydrogen-bond donors (Lipinski definition) is 1. The van der Waals surface area contributed by atoms with Gasteiger partial charge in [0.2, 0.25) is 0 Å². The molecule has 1 fully saturated rings. The number of nitrogens with one attached hydrogen (secondary N) is 1. The Hall–Kier alpha value is -0.590. The van der Waals surface area contributed by atoms with Crippen LogP contribution in [0.25, 0.3) is 0 Å². The topological polar surface area (TPSA) is 28.4 Å². The van der Waals surface area contributed by atoms with E-state index in [4.69, 9.17) is 4.42 Å². The van der Waals surface area contributed by atoms with E-state index in [0.29, 0.717) is 24.1 Å². The Morgan fingerprint density at radius 3 is 2.96 bits per heavy atom. The minimum Gasteiger partial charge on any atom is -0.464 e. The molecule has 0 amide bonds. The largest absolute Gasteiger partial charge is 0.464 e. The highest BCUT2D eigenvalue weighted by atomic mass is 32.2. The van der Waals surface area contributed by atoms with Crippen molar-refractivity contribution < 1.29 is 13.2 Å². The predicted octanol–water partition coefficient (Wildman–Crippen LogP) is 4.34. The van der Waals surface area contributed by atoms with Crippen molar-refractivity contribution in [2.24, 2.45) is 5.92 Å². The van der Waals surface area contributed by atoms with Crippen molar-refractivity contribution in [1.82, 2.24) is 10.2 Å². The van der Waals surface area contributed by atoms with Crippen molar-refractivity contribution >= 4 is 11.8 Å². The van der Waals surface area contributed by atoms with E-state index in [1.54, 1.807) is 6.07 Å². The second-order valence-electron chi connectivity index (χ2n) is 6.37. The lowest BCUT2D eigenvalue weighted by Gasteiger charge is -2.30. The average Bonchev–Trinajstić information content (AvgIpc) is 2.97. The van der Waals surface area contributed by atoms with E-state index in [2.05, 4.69) is 17.1 Å². The van der Waals surface area contributed by atoms with Gasteiger partial charge in [-0.3, -0.25) is 0 Å². The molecule has 1 aromatic rings. The first-order chi connectivity index (χ1) is 11.1. The molecule has 1 aliphatic heterocycles. The summed E-state index contributed by atoms with van der Waals surface area (Å²) in [5.41, 5.74) is 0. The van der Waals surface area contributed by atoms with Gasteiger partial charge in [-0.25, -0.2) is 0 Å². The summed E-state index contributed by atoms with van der Waals surface area (Å²) in [6, 6.07) is 3.65. The summed E-state index contributed by atoms with van der Waals surface area (Å²) in [5, 5.41) is 3.36. The Morgan fingerprint density at radius 2 is 2.17 bits per heavy atom. The molecule has 3 nitrogen and oxygen atoms in total. The summed E-state index contributed by atoms with van der Waals surface area (Å²) < 4.78 is 29.7. The van der Waals surface area contributed by atoms with Gasteiger partial charge in [0.15, 0.2) is 0 Å². The van der Waals surface area contributed by atoms with Crippen LogP contribution in [0.4, 0.5) is 8.78 Å². The molecule has 0 bridgehead atoms. The third-order valence-electron chi connectivity index (χ3n) is 4.19. The van der Waals surface area contributed by atoms with Crippen LogP contribution in [-0.4, -0.2) is 36.8 Å². The highest BCUT2D eigenvalue weighted by Crippen LogP contribution is 2.21. The molecule has 2 heterocycles. The number of alkyl halides is 2. The number of unbranched alkanes of at least 4 members (excludes halogenated alkanes) is 1. The lowest BCUT2D eigenvalue weighted by molar-refractivity contribution is 0.181. The molecule has 0 aromatic carbocycles. The van der Waals surface area contributed by atoms with E-state index in [1.807, 2.05) is 6.07 Å². The number of halogens is 2. The van der Waals surface area contributed by atoms with Crippen molar-refractivity contribution in [2.45, 2.75) is 50.7 Å². The maximum absolute atomic E-state index is 12.1.